The minimum Gasteiger partial charge on any atom is -0.487 e. The van der Waals surface area contributed by atoms with E-state index in [0.717, 1.165) is 0 Å². The Balaban J connectivity index is 1.54. The van der Waals surface area contributed by atoms with E-state index in [1.807, 2.05) is 30.3 Å². The zero-order valence-electron chi connectivity index (χ0n) is 19.7. The molecule has 5 aromatic rings. The van der Waals surface area contributed by atoms with Crippen LogP contribution in [0.4, 0.5) is 13.2 Å². The van der Waals surface area contributed by atoms with Crippen molar-refractivity contribution in [3.05, 3.63) is 95.2 Å². The molecule has 0 bridgehead atoms. The van der Waals surface area contributed by atoms with Gasteiger partial charge in [-0.05, 0) is 36.4 Å². The maximum atomic E-state index is 13.4. The molecule has 192 valence electrons. The van der Waals surface area contributed by atoms with Gasteiger partial charge in [0.15, 0.2) is 18.1 Å². The van der Waals surface area contributed by atoms with Crippen molar-refractivity contribution in [2.45, 2.75) is 12.6 Å². The Morgan fingerprint density at radius 1 is 0.947 bits per heavy atom. The molecule has 0 saturated heterocycles. The van der Waals surface area contributed by atoms with E-state index in [0.29, 0.717) is 29.2 Å². The lowest BCUT2D eigenvalue weighted by molar-refractivity contribution is -0.153. The van der Waals surface area contributed by atoms with Crippen molar-refractivity contribution in [1.82, 2.24) is 29.3 Å². The fourth-order valence-electron chi connectivity index (χ4n) is 4.30. The monoisotopic (exact) mass is 520 g/mol. The molecule has 6 rings (SSSR count). The lowest BCUT2D eigenvalue weighted by atomic mass is 10.2. The van der Waals surface area contributed by atoms with Gasteiger partial charge in [-0.25, -0.2) is 14.0 Å². The second kappa shape index (κ2) is 9.21. The molecular formula is C26H19F3N6O3. The summed E-state index contributed by atoms with van der Waals surface area (Å²) in [4.78, 5) is 13.4. The molecule has 4 heterocycles. The van der Waals surface area contributed by atoms with Crippen molar-refractivity contribution in [1.29, 1.82) is 0 Å². The van der Waals surface area contributed by atoms with Crippen LogP contribution in [0.2, 0.25) is 0 Å². The van der Waals surface area contributed by atoms with E-state index in [4.69, 9.17) is 9.47 Å². The van der Waals surface area contributed by atoms with E-state index in [-0.39, 0.29) is 29.5 Å². The molecule has 9 nitrogen and oxygen atoms in total. The molecule has 1 aliphatic rings. The number of aromatic nitrogens is 6. The zero-order valence-corrected chi connectivity index (χ0v) is 19.7. The van der Waals surface area contributed by atoms with Gasteiger partial charge >= 0.3 is 6.18 Å². The molecule has 12 heteroatoms. The standard InChI is InChI=1S/C26H19F3N6O3/c27-26(28,29)16-38-22-15-18(33-13-4-11-30-33)7-8-19(22)35-21-10-14-37-25(21)24(36)23(32-35)20-9-12-31-34(20)17-5-2-1-3-6-17/h1-9,11-13,15H,10,14,16H2. The number of ether oxygens (including phenoxy) is 2. The van der Waals surface area contributed by atoms with Crippen LogP contribution in [-0.2, 0) is 6.42 Å². The lowest BCUT2D eigenvalue weighted by Crippen LogP contribution is -2.22. The van der Waals surface area contributed by atoms with E-state index >= 15 is 0 Å². The van der Waals surface area contributed by atoms with Gasteiger partial charge in [-0.2, -0.15) is 28.5 Å². The van der Waals surface area contributed by atoms with Gasteiger partial charge < -0.3 is 9.47 Å². The fraction of sp³-hybridized carbons (Fsp3) is 0.154. The van der Waals surface area contributed by atoms with Crippen molar-refractivity contribution in [3.8, 4) is 39.9 Å². The van der Waals surface area contributed by atoms with Gasteiger partial charge in [-0.15, -0.1) is 0 Å². The fourth-order valence-corrected chi connectivity index (χ4v) is 4.30. The minimum absolute atomic E-state index is 0.0323. The van der Waals surface area contributed by atoms with Gasteiger partial charge in [-0.3, -0.25) is 4.79 Å². The number of alkyl halides is 3. The van der Waals surface area contributed by atoms with Gasteiger partial charge in [0.1, 0.15) is 11.4 Å². The van der Waals surface area contributed by atoms with Crippen LogP contribution in [0.15, 0.2) is 84.0 Å². The Morgan fingerprint density at radius 2 is 1.79 bits per heavy atom. The highest BCUT2D eigenvalue weighted by atomic mass is 19.4. The lowest BCUT2D eigenvalue weighted by Gasteiger charge is -2.18. The minimum atomic E-state index is -4.56. The van der Waals surface area contributed by atoms with Crippen LogP contribution in [0, 0.1) is 0 Å². The number of rotatable bonds is 6. The van der Waals surface area contributed by atoms with E-state index in [1.165, 1.54) is 15.4 Å². The number of hydrogen-bond donors (Lipinski definition) is 0. The van der Waals surface area contributed by atoms with Crippen LogP contribution < -0.4 is 14.9 Å². The normalized spacial score (nSPS) is 12.8. The summed E-state index contributed by atoms with van der Waals surface area (Å²) >= 11 is 0. The number of fused-ring (bicyclic) bond motifs is 1. The first-order chi connectivity index (χ1) is 18.4. The first-order valence-electron chi connectivity index (χ1n) is 11.6. The molecule has 3 aromatic heterocycles. The highest BCUT2D eigenvalue weighted by Crippen LogP contribution is 2.33. The van der Waals surface area contributed by atoms with Crippen LogP contribution in [-0.4, -0.2) is 48.7 Å². The van der Waals surface area contributed by atoms with E-state index < -0.39 is 18.2 Å². The summed E-state index contributed by atoms with van der Waals surface area (Å²) < 4.78 is 54.8. The van der Waals surface area contributed by atoms with Crippen molar-refractivity contribution in [2.75, 3.05) is 13.2 Å². The molecular weight excluding hydrogens is 501 g/mol. The molecule has 0 saturated carbocycles. The molecule has 0 amide bonds. The van der Waals surface area contributed by atoms with Crippen LogP contribution in [0.25, 0.3) is 28.5 Å². The van der Waals surface area contributed by atoms with Gasteiger partial charge in [0.25, 0.3) is 5.43 Å². The second-order valence-electron chi connectivity index (χ2n) is 8.43. The Hall–Kier alpha value is -4.87. The van der Waals surface area contributed by atoms with Crippen LogP contribution in [0.1, 0.15) is 5.69 Å². The quantitative estimate of drug-likeness (QED) is 0.334. The number of hydrogen-bond acceptors (Lipinski definition) is 6. The van der Waals surface area contributed by atoms with Gasteiger partial charge in [0, 0.05) is 24.9 Å². The maximum Gasteiger partial charge on any atom is 0.422 e. The predicted octanol–water partition coefficient (Wildman–Crippen LogP) is 4.15. The summed E-state index contributed by atoms with van der Waals surface area (Å²) in [5, 5.41) is 13.1. The Labute approximate surface area is 213 Å². The third-order valence-corrected chi connectivity index (χ3v) is 5.94. The molecule has 2 aromatic carbocycles. The van der Waals surface area contributed by atoms with Crippen molar-refractivity contribution in [3.63, 3.8) is 0 Å². The molecule has 0 fully saturated rings. The molecule has 38 heavy (non-hydrogen) atoms. The highest BCUT2D eigenvalue weighted by molar-refractivity contribution is 5.62. The molecule has 0 radical (unpaired) electrons. The van der Waals surface area contributed by atoms with Crippen LogP contribution in [0.3, 0.4) is 0 Å². The first kappa shape index (κ1) is 23.5. The average molecular weight is 520 g/mol. The van der Waals surface area contributed by atoms with E-state index in [9.17, 15) is 18.0 Å². The number of para-hydroxylation sites is 1. The second-order valence-corrected chi connectivity index (χ2v) is 8.43. The van der Waals surface area contributed by atoms with Crippen LogP contribution in [0.5, 0.6) is 11.5 Å². The smallest absolute Gasteiger partial charge is 0.422 e. The molecule has 0 atom stereocenters. The summed E-state index contributed by atoms with van der Waals surface area (Å²) in [6, 6.07) is 17.2. The summed E-state index contributed by atoms with van der Waals surface area (Å²) in [5.41, 5.74) is 1.86. The number of halogens is 3. The average Bonchev–Trinajstić information content (AvgIpc) is 3.70. The third kappa shape index (κ3) is 4.29. The highest BCUT2D eigenvalue weighted by Gasteiger charge is 2.31. The van der Waals surface area contributed by atoms with Crippen molar-refractivity contribution in [2.24, 2.45) is 0 Å². The van der Waals surface area contributed by atoms with Gasteiger partial charge in [0.2, 0.25) is 0 Å². The Kier molecular flexibility index (Phi) is 5.70. The van der Waals surface area contributed by atoms with E-state index in [2.05, 4.69) is 15.3 Å². The SMILES string of the molecule is O=c1c(-c2ccnn2-c2ccccc2)nn(-c2ccc(-n3cccn3)cc2OCC(F)(F)F)c2c1OCC2. The molecule has 0 N–H and O–H groups in total. The van der Waals surface area contributed by atoms with Crippen molar-refractivity contribution >= 4 is 0 Å². The topological polar surface area (TPSA) is 89.0 Å². The van der Waals surface area contributed by atoms with Gasteiger partial charge in [-0.1, -0.05) is 18.2 Å². The summed E-state index contributed by atoms with van der Waals surface area (Å²) in [6.45, 7) is -1.27. The number of benzene rings is 2. The Bertz CT molecular complexity index is 1660. The predicted molar refractivity (Wildman–Crippen MR) is 130 cm³/mol. The molecule has 0 unspecified atom stereocenters. The summed E-state index contributed by atoms with van der Waals surface area (Å²) in [5.74, 6) is 0.0110. The largest absolute Gasteiger partial charge is 0.487 e. The van der Waals surface area contributed by atoms with Crippen LogP contribution >= 0.6 is 0 Å². The Morgan fingerprint density at radius 3 is 2.55 bits per heavy atom. The first-order valence-corrected chi connectivity index (χ1v) is 11.6. The molecule has 1 aliphatic heterocycles. The maximum absolute atomic E-state index is 13.4. The van der Waals surface area contributed by atoms with Crippen molar-refractivity contribution < 1.29 is 22.6 Å². The van der Waals surface area contributed by atoms with E-state index in [1.54, 1.807) is 47.5 Å². The summed E-state index contributed by atoms with van der Waals surface area (Å²) in [7, 11) is 0. The summed E-state index contributed by atoms with van der Waals surface area (Å²) in [6.07, 6.45) is 0.538. The molecule has 0 aliphatic carbocycles. The third-order valence-electron chi connectivity index (χ3n) is 5.94. The zero-order chi connectivity index (χ0) is 26.3. The van der Waals surface area contributed by atoms with Gasteiger partial charge in [0.05, 0.1) is 35.6 Å². The molecule has 0 spiro atoms. The number of nitrogens with zero attached hydrogens (tertiary/aromatic N) is 6.